The maximum Gasteiger partial charge on any atom is 0.129 e. The molecule has 0 aliphatic heterocycles. The molecule has 1 fully saturated rings. The van der Waals surface area contributed by atoms with Crippen molar-refractivity contribution < 1.29 is 0 Å². The van der Waals surface area contributed by atoms with E-state index < -0.39 is 0 Å². The number of rotatable bonds is 3. The first-order chi connectivity index (χ1) is 8.22. The molecule has 0 amide bonds. The third-order valence-electron chi connectivity index (χ3n) is 4.01. The molecule has 1 saturated carbocycles. The zero-order valence-electron chi connectivity index (χ0n) is 10.8. The third-order valence-corrected chi connectivity index (χ3v) is 4.22. The molecule has 0 bridgehead atoms. The van der Waals surface area contributed by atoms with Gasteiger partial charge in [-0.2, -0.15) is 0 Å². The molecule has 0 unspecified atom stereocenters. The molecule has 1 aliphatic rings. The van der Waals surface area contributed by atoms with Crippen molar-refractivity contribution in [3.63, 3.8) is 0 Å². The van der Waals surface area contributed by atoms with E-state index in [-0.39, 0.29) is 0 Å². The van der Waals surface area contributed by atoms with Gasteiger partial charge in [-0.1, -0.05) is 32.5 Å². The topological polar surface area (TPSA) is 28.7 Å². The summed E-state index contributed by atoms with van der Waals surface area (Å²) >= 11 is 5.24. The molecule has 17 heavy (non-hydrogen) atoms. The highest BCUT2D eigenvalue weighted by Crippen LogP contribution is 2.35. The minimum absolute atomic E-state index is 0.603. The zero-order valence-corrected chi connectivity index (χ0v) is 11.6. The van der Waals surface area contributed by atoms with Gasteiger partial charge in [0.1, 0.15) is 10.5 Å². The summed E-state index contributed by atoms with van der Waals surface area (Å²) in [5.41, 5.74) is 1.22. The summed E-state index contributed by atoms with van der Waals surface area (Å²) in [5.74, 6) is 2.67. The van der Waals surface area contributed by atoms with Gasteiger partial charge >= 0.3 is 0 Å². The van der Waals surface area contributed by atoms with Crippen LogP contribution < -0.4 is 0 Å². The number of hydrogen-bond acceptors (Lipinski definition) is 2. The van der Waals surface area contributed by atoms with E-state index in [0.717, 1.165) is 22.8 Å². The van der Waals surface area contributed by atoms with Crippen molar-refractivity contribution in [3.05, 3.63) is 22.2 Å². The second kappa shape index (κ2) is 5.76. The molecule has 1 heterocycles. The Hall–Kier alpha value is -0.700. The van der Waals surface area contributed by atoms with Crippen molar-refractivity contribution in [1.29, 1.82) is 0 Å². The van der Waals surface area contributed by atoms with E-state index in [0.29, 0.717) is 5.92 Å². The molecule has 3 heteroatoms. The number of aromatic nitrogens is 2. The van der Waals surface area contributed by atoms with E-state index in [2.05, 4.69) is 23.8 Å². The van der Waals surface area contributed by atoms with Gasteiger partial charge in [-0.05, 0) is 44.1 Å². The van der Waals surface area contributed by atoms with Crippen LogP contribution in [0.4, 0.5) is 0 Å². The largest absolute Gasteiger partial charge is 0.347 e. The van der Waals surface area contributed by atoms with Gasteiger partial charge in [-0.15, -0.1) is 0 Å². The van der Waals surface area contributed by atoms with E-state index in [1.807, 2.05) is 6.07 Å². The summed E-state index contributed by atoms with van der Waals surface area (Å²) in [4.78, 5) is 7.98. The van der Waals surface area contributed by atoms with Crippen LogP contribution in [-0.4, -0.2) is 9.97 Å². The lowest BCUT2D eigenvalue weighted by Gasteiger charge is -2.27. The molecule has 1 N–H and O–H groups in total. The lowest BCUT2D eigenvalue weighted by Crippen LogP contribution is -2.15. The Bertz CT molecular complexity index is 416. The van der Waals surface area contributed by atoms with Crippen LogP contribution in [0.15, 0.2) is 6.07 Å². The zero-order chi connectivity index (χ0) is 12.3. The van der Waals surface area contributed by atoms with Crippen LogP contribution >= 0.6 is 12.2 Å². The van der Waals surface area contributed by atoms with Crippen molar-refractivity contribution >= 4 is 12.2 Å². The number of nitrogens with one attached hydrogen (secondary N) is 1. The molecule has 1 aromatic rings. The molecular formula is C14H22N2S. The fourth-order valence-corrected chi connectivity index (χ4v) is 3.00. The van der Waals surface area contributed by atoms with E-state index in [1.165, 1.54) is 37.8 Å². The van der Waals surface area contributed by atoms with Crippen LogP contribution in [0.2, 0.25) is 0 Å². The minimum atomic E-state index is 0.603. The summed E-state index contributed by atoms with van der Waals surface area (Å²) in [6, 6.07) is 1.98. The van der Waals surface area contributed by atoms with E-state index >= 15 is 0 Å². The lowest BCUT2D eigenvalue weighted by molar-refractivity contribution is 0.311. The molecule has 94 valence electrons. The molecule has 0 atom stereocenters. The van der Waals surface area contributed by atoms with Crippen LogP contribution in [0.5, 0.6) is 0 Å². The Labute approximate surface area is 109 Å². The summed E-state index contributed by atoms with van der Waals surface area (Å²) in [6.45, 7) is 4.45. The predicted molar refractivity (Wildman–Crippen MR) is 73.8 cm³/mol. The average molecular weight is 250 g/mol. The monoisotopic (exact) mass is 250 g/mol. The van der Waals surface area contributed by atoms with Gasteiger partial charge in [0.15, 0.2) is 0 Å². The highest BCUT2D eigenvalue weighted by molar-refractivity contribution is 7.71. The molecule has 0 spiro atoms. The van der Waals surface area contributed by atoms with Gasteiger partial charge in [-0.3, -0.25) is 0 Å². The number of nitrogens with zero attached hydrogens (tertiary/aromatic N) is 1. The smallest absolute Gasteiger partial charge is 0.129 e. The number of H-pyrrole nitrogens is 1. The predicted octanol–water partition coefficient (Wildman–Crippen LogP) is 4.39. The molecule has 1 aliphatic carbocycles. The Morgan fingerprint density at radius 1 is 1.29 bits per heavy atom. The minimum Gasteiger partial charge on any atom is -0.347 e. The Morgan fingerprint density at radius 2 is 2.00 bits per heavy atom. The molecule has 1 aromatic heterocycles. The quantitative estimate of drug-likeness (QED) is 0.806. The molecular weight excluding hydrogens is 228 g/mol. The highest BCUT2D eigenvalue weighted by Gasteiger charge is 2.22. The fraction of sp³-hybridized carbons (Fsp3) is 0.714. The third kappa shape index (κ3) is 3.15. The second-order valence-electron chi connectivity index (χ2n) is 5.11. The summed E-state index contributed by atoms with van der Waals surface area (Å²) in [6.07, 6.45) is 7.56. The first-order valence-electron chi connectivity index (χ1n) is 6.83. The normalized spacial score (nSPS) is 24.8. The highest BCUT2D eigenvalue weighted by atomic mass is 32.1. The molecule has 0 radical (unpaired) electrons. The lowest BCUT2D eigenvalue weighted by atomic mass is 9.80. The SMILES string of the molecule is CCc1cc(=S)nc(C2CCC(CC)CC2)[nH]1. The van der Waals surface area contributed by atoms with Gasteiger partial charge in [0.25, 0.3) is 0 Å². The maximum atomic E-state index is 5.24. The van der Waals surface area contributed by atoms with Crippen molar-refractivity contribution in [1.82, 2.24) is 9.97 Å². The number of aromatic amines is 1. The van der Waals surface area contributed by atoms with Crippen LogP contribution in [0, 0.1) is 10.6 Å². The van der Waals surface area contributed by atoms with Gasteiger partial charge in [0, 0.05) is 11.6 Å². The Morgan fingerprint density at radius 3 is 2.59 bits per heavy atom. The fourth-order valence-electron chi connectivity index (χ4n) is 2.76. The standard InChI is InChI=1S/C14H22N2S/c1-3-10-5-7-11(8-6-10)14-15-12(4-2)9-13(17)16-14/h9-11H,3-8H2,1-2H3,(H,15,16,17). The van der Waals surface area contributed by atoms with Crippen LogP contribution in [0.3, 0.4) is 0 Å². The van der Waals surface area contributed by atoms with E-state index in [4.69, 9.17) is 12.2 Å². The van der Waals surface area contributed by atoms with Crippen molar-refractivity contribution in [2.24, 2.45) is 5.92 Å². The first-order valence-corrected chi connectivity index (χ1v) is 7.23. The molecule has 2 rings (SSSR count). The molecule has 2 nitrogen and oxygen atoms in total. The van der Waals surface area contributed by atoms with Crippen molar-refractivity contribution in [2.75, 3.05) is 0 Å². The van der Waals surface area contributed by atoms with Gasteiger partial charge in [-0.25, -0.2) is 4.98 Å². The first kappa shape index (κ1) is 12.7. The summed E-state index contributed by atoms with van der Waals surface area (Å²) in [7, 11) is 0. The van der Waals surface area contributed by atoms with Crippen LogP contribution in [0.25, 0.3) is 0 Å². The van der Waals surface area contributed by atoms with Crippen LogP contribution in [-0.2, 0) is 6.42 Å². The summed E-state index contributed by atoms with van der Waals surface area (Å²) < 4.78 is 0.744. The van der Waals surface area contributed by atoms with Gasteiger partial charge < -0.3 is 4.98 Å². The Balaban J connectivity index is 2.12. The van der Waals surface area contributed by atoms with Crippen molar-refractivity contribution in [3.8, 4) is 0 Å². The molecule has 0 aromatic carbocycles. The Kier molecular flexibility index (Phi) is 4.32. The van der Waals surface area contributed by atoms with Crippen molar-refractivity contribution in [2.45, 2.75) is 58.3 Å². The average Bonchev–Trinajstić information content (AvgIpc) is 2.38. The van der Waals surface area contributed by atoms with E-state index in [9.17, 15) is 0 Å². The number of aryl methyl sites for hydroxylation is 1. The van der Waals surface area contributed by atoms with E-state index in [1.54, 1.807) is 0 Å². The molecule has 0 saturated heterocycles. The van der Waals surface area contributed by atoms with Gasteiger partial charge in [0.05, 0.1) is 0 Å². The number of hydrogen-bond donors (Lipinski definition) is 1. The maximum absolute atomic E-state index is 5.24. The second-order valence-corrected chi connectivity index (χ2v) is 5.53. The van der Waals surface area contributed by atoms with Crippen LogP contribution in [0.1, 0.15) is 63.4 Å². The van der Waals surface area contributed by atoms with Gasteiger partial charge in [0.2, 0.25) is 0 Å². The summed E-state index contributed by atoms with van der Waals surface area (Å²) in [5, 5.41) is 0.